The van der Waals surface area contributed by atoms with Crippen LogP contribution in [0.2, 0.25) is 5.02 Å². The molecule has 1 fully saturated rings. The van der Waals surface area contributed by atoms with Crippen LogP contribution in [0.25, 0.3) is 6.08 Å². The van der Waals surface area contributed by atoms with Gasteiger partial charge in [-0.05, 0) is 37.7 Å². The molecule has 2 rings (SSSR count). The number of hydrogen-bond acceptors (Lipinski definition) is 4. The Morgan fingerprint density at radius 2 is 2.00 bits per heavy atom. The van der Waals surface area contributed by atoms with Gasteiger partial charge in [-0.15, -0.1) is 0 Å². The minimum atomic E-state index is 0.0158. The fraction of sp³-hybridized carbons (Fsp3) is 0.471. The van der Waals surface area contributed by atoms with Crippen molar-refractivity contribution in [1.29, 1.82) is 0 Å². The Kier molecular flexibility index (Phi) is 6.30. The Morgan fingerprint density at radius 3 is 2.61 bits per heavy atom. The molecule has 126 valence electrons. The zero-order valence-electron chi connectivity index (χ0n) is 13.8. The van der Waals surface area contributed by atoms with Gasteiger partial charge < -0.3 is 19.3 Å². The third-order valence-electron chi connectivity index (χ3n) is 3.77. The van der Waals surface area contributed by atoms with Crippen LogP contribution in [0.15, 0.2) is 18.2 Å². The van der Waals surface area contributed by atoms with Gasteiger partial charge in [-0.2, -0.15) is 0 Å². The van der Waals surface area contributed by atoms with E-state index in [1.807, 2.05) is 17.9 Å². The lowest BCUT2D eigenvalue weighted by Gasteiger charge is -2.31. The predicted molar refractivity (Wildman–Crippen MR) is 92.3 cm³/mol. The summed E-state index contributed by atoms with van der Waals surface area (Å²) in [6.07, 6.45) is 3.33. The van der Waals surface area contributed by atoms with E-state index >= 15 is 0 Å². The van der Waals surface area contributed by atoms with E-state index < -0.39 is 0 Å². The molecule has 0 saturated carbocycles. The summed E-state index contributed by atoms with van der Waals surface area (Å²) in [5, 5.41) is 0.470. The van der Waals surface area contributed by atoms with E-state index in [0.717, 1.165) is 31.7 Å². The number of hydrogen-bond donors (Lipinski definition) is 0. The van der Waals surface area contributed by atoms with Gasteiger partial charge >= 0.3 is 0 Å². The smallest absolute Gasteiger partial charge is 0.246 e. The van der Waals surface area contributed by atoms with Gasteiger partial charge in [0.25, 0.3) is 0 Å². The van der Waals surface area contributed by atoms with Crippen molar-refractivity contribution in [3.63, 3.8) is 0 Å². The number of ether oxygens (including phenoxy) is 2. The van der Waals surface area contributed by atoms with E-state index in [-0.39, 0.29) is 5.91 Å². The van der Waals surface area contributed by atoms with Crippen LogP contribution >= 0.6 is 11.6 Å². The molecule has 1 amide bonds. The number of amides is 1. The van der Waals surface area contributed by atoms with Crippen molar-refractivity contribution in [1.82, 2.24) is 9.80 Å². The van der Waals surface area contributed by atoms with E-state index in [4.69, 9.17) is 21.1 Å². The summed E-state index contributed by atoms with van der Waals surface area (Å²) in [6, 6.07) is 3.58. The lowest BCUT2D eigenvalue weighted by molar-refractivity contribution is -0.127. The molecular formula is C17H23ClN2O3. The minimum absolute atomic E-state index is 0.0158. The molecule has 0 N–H and O–H groups in total. The second kappa shape index (κ2) is 8.22. The summed E-state index contributed by atoms with van der Waals surface area (Å²) in [5.41, 5.74) is 0.804. The lowest BCUT2D eigenvalue weighted by atomic mass is 10.1. The molecule has 5 nitrogen and oxygen atoms in total. The zero-order valence-corrected chi connectivity index (χ0v) is 14.6. The topological polar surface area (TPSA) is 42.0 Å². The van der Waals surface area contributed by atoms with E-state index in [9.17, 15) is 4.79 Å². The second-order valence-electron chi connectivity index (χ2n) is 5.43. The largest absolute Gasteiger partial charge is 0.493 e. The molecule has 0 atom stereocenters. The van der Waals surface area contributed by atoms with Crippen LogP contribution in [0.5, 0.6) is 11.5 Å². The summed E-state index contributed by atoms with van der Waals surface area (Å²) < 4.78 is 10.8. The van der Waals surface area contributed by atoms with Crippen LogP contribution in [-0.4, -0.2) is 62.7 Å². The summed E-state index contributed by atoms with van der Waals surface area (Å²) in [4.78, 5) is 16.3. The Balaban J connectivity index is 2.10. The fourth-order valence-corrected chi connectivity index (χ4v) is 2.69. The number of carbonyl (C=O) groups excluding carboxylic acids is 1. The van der Waals surface area contributed by atoms with E-state index in [0.29, 0.717) is 23.1 Å². The number of nitrogens with zero attached hydrogens (tertiary/aromatic N) is 2. The van der Waals surface area contributed by atoms with E-state index in [2.05, 4.69) is 11.9 Å². The van der Waals surface area contributed by atoms with Crippen molar-refractivity contribution >= 4 is 23.6 Å². The highest BCUT2D eigenvalue weighted by Crippen LogP contribution is 2.36. The average Bonchev–Trinajstić information content (AvgIpc) is 2.55. The summed E-state index contributed by atoms with van der Waals surface area (Å²) in [5.74, 6) is 1.10. The molecule has 0 radical (unpaired) electrons. The fourth-order valence-electron chi connectivity index (χ4n) is 2.42. The SMILES string of the molecule is CCOc1c(Cl)cc(/C=C/C(=O)N2CCN(C)CC2)cc1OC. The van der Waals surface area contributed by atoms with Crippen LogP contribution in [-0.2, 0) is 4.79 Å². The first kappa shape index (κ1) is 17.6. The molecule has 0 spiro atoms. The first-order valence-corrected chi connectivity index (χ1v) is 8.08. The van der Waals surface area contributed by atoms with Crippen molar-refractivity contribution in [3.05, 3.63) is 28.8 Å². The van der Waals surface area contributed by atoms with Gasteiger partial charge in [0, 0.05) is 32.3 Å². The van der Waals surface area contributed by atoms with E-state index in [1.54, 1.807) is 25.3 Å². The molecule has 23 heavy (non-hydrogen) atoms. The van der Waals surface area contributed by atoms with Gasteiger partial charge in [0.1, 0.15) is 0 Å². The highest BCUT2D eigenvalue weighted by Gasteiger charge is 2.17. The maximum absolute atomic E-state index is 12.2. The summed E-state index contributed by atoms with van der Waals surface area (Å²) in [7, 11) is 3.63. The highest BCUT2D eigenvalue weighted by atomic mass is 35.5. The van der Waals surface area contributed by atoms with Gasteiger partial charge in [-0.1, -0.05) is 11.6 Å². The molecular weight excluding hydrogens is 316 g/mol. The van der Waals surface area contributed by atoms with Gasteiger partial charge in [0.2, 0.25) is 5.91 Å². The first-order chi connectivity index (χ1) is 11.0. The van der Waals surface area contributed by atoms with Crippen molar-refractivity contribution < 1.29 is 14.3 Å². The maximum atomic E-state index is 12.2. The average molecular weight is 339 g/mol. The molecule has 0 unspecified atom stereocenters. The number of benzene rings is 1. The minimum Gasteiger partial charge on any atom is -0.493 e. The Hall–Kier alpha value is -1.72. The van der Waals surface area contributed by atoms with Crippen molar-refractivity contribution in [3.8, 4) is 11.5 Å². The zero-order chi connectivity index (χ0) is 16.8. The van der Waals surface area contributed by atoms with Crippen LogP contribution in [0.4, 0.5) is 0 Å². The molecule has 1 saturated heterocycles. The number of piperazine rings is 1. The van der Waals surface area contributed by atoms with Crippen LogP contribution in [0, 0.1) is 0 Å². The molecule has 0 bridgehead atoms. The number of rotatable bonds is 5. The van der Waals surface area contributed by atoms with Crippen molar-refractivity contribution in [2.45, 2.75) is 6.92 Å². The number of methoxy groups -OCH3 is 1. The Bertz CT molecular complexity index is 581. The molecule has 0 aromatic heterocycles. The third-order valence-corrected chi connectivity index (χ3v) is 4.05. The molecule has 1 aliphatic heterocycles. The van der Waals surface area contributed by atoms with Gasteiger partial charge in [-0.25, -0.2) is 0 Å². The van der Waals surface area contributed by atoms with Crippen molar-refractivity contribution in [2.75, 3.05) is 46.9 Å². The van der Waals surface area contributed by atoms with Crippen LogP contribution < -0.4 is 9.47 Å². The third kappa shape index (κ3) is 4.62. The number of likely N-dealkylation sites (N-methyl/N-ethyl adjacent to an activating group) is 1. The maximum Gasteiger partial charge on any atom is 0.246 e. The highest BCUT2D eigenvalue weighted by molar-refractivity contribution is 6.32. The standard InChI is InChI=1S/C17H23ClN2O3/c1-4-23-17-14(18)11-13(12-15(17)22-3)5-6-16(21)20-9-7-19(2)8-10-20/h5-6,11-12H,4,7-10H2,1-3H3/b6-5+. The normalized spacial score (nSPS) is 15.9. The lowest BCUT2D eigenvalue weighted by Crippen LogP contribution is -2.46. The van der Waals surface area contributed by atoms with Crippen LogP contribution in [0.3, 0.4) is 0 Å². The van der Waals surface area contributed by atoms with Gasteiger partial charge in [0.05, 0.1) is 18.7 Å². The summed E-state index contributed by atoms with van der Waals surface area (Å²) >= 11 is 6.23. The molecule has 1 heterocycles. The monoisotopic (exact) mass is 338 g/mol. The first-order valence-electron chi connectivity index (χ1n) is 7.71. The second-order valence-corrected chi connectivity index (χ2v) is 5.84. The van der Waals surface area contributed by atoms with Gasteiger partial charge in [0.15, 0.2) is 11.5 Å². The number of carbonyl (C=O) groups is 1. The Morgan fingerprint density at radius 1 is 1.30 bits per heavy atom. The van der Waals surface area contributed by atoms with E-state index in [1.165, 1.54) is 0 Å². The Labute approximate surface area is 142 Å². The molecule has 1 aliphatic rings. The summed E-state index contributed by atoms with van der Waals surface area (Å²) in [6.45, 7) is 5.72. The molecule has 1 aromatic rings. The van der Waals surface area contributed by atoms with Crippen molar-refractivity contribution in [2.24, 2.45) is 0 Å². The van der Waals surface area contributed by atoms with Crippen LogP contribution in [0.1, 0.15) is 12.5 Å². The quantitative estimate of drug-likeness (QED) is 0.774. The molecule has 0 aliphatic carbocycles. The number of halogens is 1. The predicted octanol–water partition coefficient (Wildman–Crippen LogP) is 2.53. The molecule has 6 heteroatoms. The van der Waals surface area contributed by atoms with Gasteiger partial charge in [-0.3, -0.25) is 4.79 Å². The molecule has 1 aromatic carbocycles.